The Morgan fingerprint density at radius 3 is 2.48 bits per heavy atom. The van der Waals surface area contributed by atoms with E-state index in [9.17, 15) is 5.11 Å². The fraction of sp³-hybridized carbons (Fsp3) is 0.389. The van der Waals surface area contributed by atoms with Gasteiger partial charge in [-0.3, -0.25) is 0 Å². The van der Waals surface area contributed by atoms with Gasteiger partial charge in [-0.2, -0.15) is 0 Å². The van der Waals surface area contributed by atoms with Crippen LogP contribution < -0.4 is 4.74 Å². The minimum absolute atomic E-state index is 0.110. The molecule has 0 amide bonds. The molecule has 3 heteroatoms. The van der Waals surface area contributed by atoms with Crippen molar-refractivity contribution in [2.24, 2.45) is 0 Å². The van der Waals surface area contributed by atoms with Crippen LogP contribution in [0.25, 0.3) is 0 Å². The lowest BCUT2D eigenvalue weighted by Crippen LogP contribution is -2.11. The smallest absolute Gasteiger partial charge is 0.225 e. The summed E-state index contributed by atoms with van der Waals surface area (Å²) in [7, 11) is 0. The molecule has 21 heavy (non-hydrogen) atoms. The molecule has 1 N–H and O–H groups in total. The molecule has 0 fully saturated rings. The lowest BCUT2D eigenvalue weighted by molar-refractivity contribution is 0.194. The van der Waals surface area contributed by atoms with Crippen molar-refractivity contribution in [3.05, 3.63) is 53.2 Å². The largest absolute Gasteiger partial charge is 0.438 e. The summed E-state index contributed by atoms with van der Waals surface area (Å²) in [6.07, 6.45) is 1.06. The molecular weight excluding hydrogens is 262 g/mol. The number of hydrogen-bond acceptors (Lipinski definition) is 3. The van der Waals surface area contributed by atoms with Gasteiger partial charge in [-0.05, 0) is 48.6 Å². The van der Waals surface area contributed by atoms with Crippen LogP contribution in [-0.4, -0.2) is 10.1 Å². The Morgan fingerprint density at radius 1 is 1.19 bits per heavy atom. The van der Waals surface area contributed by atoms with E-state index < -0.39 is 6.10 Å². The van der Waals surface area contributed by atoms with Crippen LogP contribution in [0.2, 0.25) is 0 Å². The van der Waals surface area contributed by atoms with Crippen molar-refractivity contribution in [2.75, 3.05) is 0 Å². The molecule has 0 radical (unpaired) electrons. The van der Waals surface area contributed by atoms with Crippen LogP contribution in [0.1, 0.15) is 50.5 Å². The number of aliphatic hydroxyl groups is 1. The van der Waals surface area contributed by atoms with E-state index >= 15 is 0 Å². The highest BCUT2D eigenvalue weighted by Gasteiger charge is 2.16. The topological polar surface area (TPSA) is 42.4 Å². The van der Waals surface area contributed by atoms with Crippen molar-refractivity contribution in [1.82, 2.24) is 4.98 Å². The van der Waals surface area contributed by atoms with Crippen LogP contribution in [0.15, 0.2) is 36.5 Å². The highest BCUT2D eigenvalue weighted by molar-refractivity contribution is 5.42. The molecule has 0 aliphatic rings. The third-order valence-electron chi connectivity index (χ3n) is 3.50. The predicted octanol–water partition coefficient (Wildman–Crippen LogP) is 4.53. The quantitative estimate of drug-likeness (QED) is 0.900. The van der Waals surface area contributed by atoms with Crippen molar-refractivity contribution >= 4 is 0 Å². The zero-order chi connectivity index (χ0) is 15.6. The number of rotatable bonds is 3. The Kier molecular flexibility index (Phi) is 4.33. The van der Waals surface area contributed by atoms with E-state index in [0.717, 1.165) is 11.3 Å². The van der Waals surface area contributed by atoms with Gasteiger partial charge in [-0.25, -0.2) is 4.98 Å². The molecular formula is C18H23NO2. The van der Waals surface area contributed by atoms with Crippen molar-refractivity contribution < 1.29 is 9.84 Å². The van der Waals surface area contributed by atoms with Gasteiger partial charge >= 0.3 is 0 Å². The number of pyridine rings is 1. The van der Waals surface area contributed by atoms with Gasteiger partial charge in [0.2, 0.25) is 5.88 Å². The summed E-state index contributed by atoms with van der Waals surface area (Å²) >= 11 is 0. The Morgan fingerprint density at radius 2 is 1.90 bits per heavy atom. The third kappa shape index (κ3) is 3.61. The second-order valence-corrected chi connectivity index (χ2v) is 6.41. The fourth-order valence-electron chi connectivity index (χ4n) is 2.14. The first-order valence-corrected chi connectivity index (χ1v) is 7.21. The molecule has 0 unspecified atom stereocenters. The summed E-state index contributed by atoms with van der Waals surface area (Å²) in [6.45, 7) is 10.3. The molecule has 1 aromatic heterocycles. The van der Waals surface area contributed by atoms with Crippen molar-refractivity contribution in [2.45, 2.75) is 46.1 Å². The number of benzene rings is 1. The molecule has 0 spiro atoms. The molecule has 112 valence electrons. The average Bonchev–Trinajstić information content (AvgIpc) is 2.40. The molecule has 1 aromatic carbocycles. The van der Waals surface area contributed by atoms with Crippen LogP contribution in [0.3, 0.4) is 0 Å². The lowest BCUT2D eigenvalue weighted by Gasteiger charge is -2.21. The molecule has 2 rings (SSSR count). The highest BCUT2D eigenvalue weighted by Crippen LogP contribution is 2.32. The Labute approximate surface area is 126 Å². The van der Waals surface area contributed by atoms with Gasteiger partial charge in [0.1, 0.15) is 5.75 Å². The van der Waals surface area contributed by atoms with Crippen LogP contribution in [-0.2, 0) is 5.41 Å². The van der Waals surface area contributed by atoms with E-state index in [1.165, 1.54) is 5.56 Å². The maximum Gasteiger partial charge on any atom is 0.225 e. The minimum Gasteiger partial charge on any atom is -0.438 e. The number of ether oxygens (including phenoxy) is 1. The molecule has 1 heterocycles. The van der Waals surface area contributed by atoms with E-state index in [4.69, 9.17) is 4.74 Å². The van der Waals surface area contributed by atoms with E-state index in [1.54, 1.807) is 19.2 Å². The van der Waals surface area contributed by atoms with E-state index in [2.05, 4.69) is 37.9 Å². The van der Waals surface area contributed by atoms with Crippen LogP contribution in [0.4, 0.5) is 0 Å². The Bertz CT molecular complexity index is 627. The van der Waals surface area contributed by atoms with Crippen molar-refractivity contribution in [1.29, 1.82) is 0 Å². The molecule has 0 aliphatic heterocycles. The monoisotopic (exact) mass is 285 g/mol. The predicted molar refractivity (Wildman–Crippen MR) is 84.8 cm³/mol. The second kappa shape index (κ2) is 5.86. The molecule has 0 saturated heterocycles. The first kappa shape index (κ1) is 15.5. The lowest BCUT2D eigenvalue weighted by atomic mass is 9.86. The number of hydrogen-bond donors (Lipinski definition) is 1. The average molecular weight is 285 g/mol. The van der Waals surface area contributed by atoms with E-state index in [0.29, 0.717) is 11.4 Å². The summed E-state index contributed by atoms with van der Waals surface area (Å²) in [5.41, 5.74) is 3.13. The van der Waals surface area contributed by atoms with Gasteiger partial charge in [-0.15, -0.1) is 0 Å². The summed E-state index contributed by atoms with van der Waals surface area (Å²) in [4.78, 5) is 4.23. The maximum absolute atomic E-state index is 9.78. The molecule has 0 aliphatic carbocycles. The van der Waals surface area contributed by atoms with Gasteiger partial charge in [0, 0.05) is 11.8 Å². The van der Waals surface area contributed by atoms with Crippen molar-refractivity contribution in [3.8, 4) is 11.6 Å². The van der Waals surface area contributed by atoms with Gasteiger partial charge in [0.15, 0.2) is 0 Å². The third-order valence-corrected chi connectivity index (χ3v) is 3.50. The number of nitrogens with zero attached hydrogens (tertiary/aromatic N) is 1. The van der Waals surface area contributed by atoms with Gasteiger partial charge < -0.3 is 9.84 Å². The van der Waals surface area contributed by atoms with Gasteiger partial charge in [0.05, 0.1) is 6.10 Å². The summed E-state index contributed by atoms with van der Waals surface area (Å²) in [5.74, 6) is 1.22. The van der Waals surface area contributed by atoms with E-state index in [-0.39, 0.29) is 5.41 Å². The molecule has 3 nitrogen and oxygen atoms in total. The second-order valence-electron chi connectivity index (χ2n) is 6.41. The number of aryl methyl sites for hydroxylation is 1. The first-order chi connectivity index (χ1) is 9.79. The Hall–Kier alpha value is -1.87. The standard InChI is InChI=1S/C18H23NO2/c1-12-11-14(18(3,4)5)8-9-16(12)21-17-15(13(2)20)7-6-10-19-17/h6-11,13,20H,1-5H3/t13-/m1/s1. The van der Waals surface area contributed by atoms with Gasteiger partial charge in [-0.1, -0.05) is 32.9 Å². The first-order valence-electron chi connectivity index (χ1n) is 7.21. The molecule has 0 bridgehead atoms. The summed E-state index contributed by atoms with van der Waals surface area (Å²) in [5, 5.41) is 9.78. The van der Waals surface area contributed by atoms with Crippen molar-refractivity contribution in [3.63, 3.8) is 0 Å². The zero-order valence-electron chi connectivity index (χ0n) is 13.3. The van der Waals surface area contributed by atoms with Crippen LogP contribution in [0.5, 0.6) is 11.6 Å². The van der Waals surface area contributed by atoms with Gasteiger partial charge in [0.25, 0.3) is 0 Å². The molecule has 1 atom stereocenters. The molecule has 2 aromatic rings. The minimum atomic E-state index is -0.608. The summed E-state index contributed by atoms with van der Waals surface area (Å²) in [6, 6.07) is 9.81. The molecule has 0 saturated carbocycles. The maximum atomic E-state index is 9.78. The van der Waals surface area contributed by atoms with Crippen LogP contribution >= 0.6 is 0 Å². The Balaban J connectivity index is 2.33. The van der Waals surface area contributed by atoms with E-state index in [1.807, 2.05) is 19.1 Å². The SMILES string of the molecule is Cc1cc(C(C)(C)C)ccc1Oc1ncccc1[C@@H](C)O. The normalized spacial score (nSPS) is 13.0. The highest BCUT2D eigenvalue weighted by atomic mass is 16.5. The zero-order valence-corrected chi connectivity index (χ0v) is 13.3. The number of aliphatic hydroxyl groups excluding tert-OH is 1. The van der Waals surface area contributed by atoms with Crippen LogP contribution in [0, 0.1) is 6.92 Å². The number of aromatic nitrogens is 1. The summed E-state index contributed by atoms with van der Waals surface area (Å²) < 4.78 is 5.90. The fourth-order valence-corrected chi connectivity index (χ4v) is 2.14.